The van der Waals surface area contributed by atoms with E-state index in [0.29, 0.717) is 12.6 Å². The summed E-state index contributed by atoms with van der Waals surface area (Å²) in [5.74, 6) is 0.130. The average molecular weight is 283 g/mol. The van der Waals surface area contributed by atoms with Crippen LogP contribution in [0.25, 0.3) is 0 Å². The number of rotatable bonds is 3. The summed E-state index contributed by atoms with van der Waals surface area (Å²) < 4.78 is 0. The predicted molar refractivity (Wildman–Crippen MR) is 80.5 cm³/mol. The number of nitrogens with two attached hydrogens (primary N) is 1. The third kappa shape index (κ3) is 3.95. The summed E-state index contributed by atoms with van der Waals surface area (Å²) in [6.07, 6.45) is 6.08. The number of halogens is 1. The maximum absolute atomic E-state index is 12.3. The number of hydrogen-bond acceptors (Lipinski definition) is 2. The third-order valence-electron chi connectivity index (χ3n) is 3.88. The van der Waals surface area contributed by atoms with E-state index in [4.69, 9.17) is 5.73 Å². The van der Waals surface area contributed by atoms with Crippen LogP contribution in [-0.2, 0) is 6.54 Å². The molecule has 2 N–H and O–H groups in total. The van der Waals surface area contributed by atoms with Crippen molar-refractivity contribution in [1.82, 2.24) is 4.90 Å². The molecule has 1 fully saturated rings. The van der Waals surface area contributed by atoms with E-state index in [1.165, 1.54) is 19.3 Å². The Bertz CT molecular complexity index is 399. The highest BCUT2D eigenvalue weighted by Gasteiger charge is 2.22. The number of carbonyl (C=O) groups excluding carboxylic acids is 1. The van der Waals surface area contributed by atoms with Crippen LogP contribution >= 0.6 is 12.4 Å². The van der Waals surface area contributed by atoms with Crippen LogP contribution in [0.2, 0.25) is 0 Å². The molecule has 1 aliphatic carbocycles. The molecule has 0 heterocycles. The monoisotopic (exact) mass is 282 g/mol. The van der Waals surface area contributed by atoms with Gasteiger partial charge in [-0.15, -0.1) is 12.4 Å². The molecule has 2 rings (SSSR count). The molecule has 0 atom stereocenters. The lowest BCUT2D eigenvalue weighted by molar-refractivity contribution is 0.0696. The highest BCUT2D eigenvalue weighted by Crippen LogP contribution is 2.22. The largest absolute Gasteiger partial charge is 0.339 e. The summed E-state index contributed by atoms with van der Waals surface area (Å²) >= 11 is 0. The molecule has 0 aromatic heterocycles. The van der Waals surface area contributed by atoms with E-state index in [1.54, 1.807) is 0 Å². The molecule has 0 bridgehead atoms. The number of amides is 1. The first-order chi connectivity index (χ1) is 8.72. The standard InChI is InChI=1S/C15H22N2O.ClH/c1-17(14-5-3-2-4-6-14)15(18)13-9-7-12(11-16)8-10-13;/h7-10,14H,2-6,11,16H2,1H3;1H. The molecule has 0 spiro atoms. The van der Waals surface area contributed by atoms with Crippen LogP contribution in [0.1, 0.15) is 48.0 Å². The molecule has 106 valence electrons. The molecular formula is C15H23ClN2O. The van der Waals surface area contributed by atoms with Crippen molar-refractivity contribution in [2.24, 2.45) is 5.73 Å². The van der Waals surface area contributed by atoms with Crippen LogP contribution in [0.3, 0.4) is 0 Å². The van der Waals surface area contributed by atoms with Crippen molar-refractivity contribution in [2.75, 3.05) is 7.05 Å². The van der Waals surface area contributed by atoms with Gasteiger partial charge in [0, 0.05) is 25.2 Å². The number of hydrogen-bond donors (Lipinski definition) is 1. The van der Waals surface area contributed by atoms with E-state index < -0.39 is 0 Å². The second-order valence-corrected chi connectivity index (χ2v) is 5.11. The molecule has 1 aromatic rings. The SMILES string of the molecule is CN(C(=O)c1ccc(CN)cc1)C1CCCCC1.Cl. The van der Waals surface area contributed by atoms with Gasteiger partial charge in [0.05, 0.1) is 0 Å². The van der Waals surface area contributed by atoms with Crippen molar-refractivity contribution in [2.45, 2.75) is 44.7 Å². The summed E-state index contributed by atoms with van der Waals surface area (Å²) in [6, 6.07) is 8.04. The summed E-state index contributed by atoms with van der Waals surface area (Å²) in [6.45, 7) is 0.521. The molecule has 1 aromatic carbocycles. The number of carbonyl (C=O) groups is 1. The minimum absolute atomic E-state index is 0. The minimum atomic E-state index is 0. The molecule has 0 saturated heterocycles. The predicted octanol–water partition coefficient (Wildman–Crippen LogP) is 2.97. The molecule has 1 aliphatic rings. The van der Waals surface area contributed by atoms with Gasteiger partial charge in [0.2, 0.25) is 0 Å². The molecule has 1 amide bonds. The van der Waals surface area contributed by atoms with E-state index in [9.17, 15) is 4.79 Å². The zero-order valence-electron chi connectivity index (χ0n) is 11.5. The van der Waals surface area contributed by atoms with Crippen molar-refractivity contribution in [3.63, 3.8) is 0 Å². The van der Waals surface area contributed by atoms with Gasteiger partial charge in [0.15, 0.2) is 0 Å². The Kier molecular flexibility index (Phi) is 6.32. The molecule has 0 unspecified atom stereocenters. The van der Waals surface area contributed by atoms with Crippen LogP contribution < -0.4 is 5.73 Å². The molecule has 0 radical (unpaired) electrons. The normalized spacial score (nSPS) is 15.7. The first kappa shape index (κ1) is 16.0. The van der Waals surface area contributed by atoms with Crippen molar-refractivity contribution in [1.29, 1.82) is 0 Å². The number of nitrogens with zero attached hydrogens (tertiary/aromatic N) is 1. The van der Waals surface area contributed by atoms with Gasteiger partial charge in [-0.3, -0.25) is 4.79 Å². The van der Waals surface area contributed by atoms with Gasteiger partial charge in [-0.25, -0.2) is 0 Å². The first-order valence-corrected chi connectivity index (χ1v) is 6.78. The van der Waals surface area contributed by atoms with Crippen LogP contribution in [0.4, 0.5) is 0 Å². The van der Waals surface area contributed by atoms with Crippen LogP contribution in [0.5, 0.6) is 0 Å². The maximum Gasteiger partial charge on any atom is 0.253 e. The Morgan fingerprint density at radius 3 is 2.32 bits per heavy atom. The van der Waals surface area contributed by atoms with Gasteiger partial charge >= 0.3 is 0 Å². The fourth-order valence-electron chi connectivity index (χ4n) is 2.62. The zero-order chi connectivity index (χ0) is 13.0. The van der Waals surface area contributed by atoms with E-state index >= 15 is 0 Å². The molecular weight excluding hydrogens is 260 g/mol. The van der Waals surface area contributed by atoms with E-state index in [2.05, 4.69) is 0 Å². The van der Waals surface area contributed by atoms with Crippen molar-refractivity contribution in [3.8, 4) is 0 Å². The van der Waals surface area contributed by atoms with Crippen molar-refractivity contribution < 1.29 is 4.79 Å². The van der Waals surface area contributed by atoms with Gasteiger partial charge in [-0.05, 0) is 30.5 Å². The van der Waals surface area contributed by atoms with Gasteiger partial charge < -0.3 is 10.6 Å². The molecule has 19 heavy (non-hydrogen) atoms. The Balaban J connectivity index is 0.00000180. The lowest BCUT2D eigenvalue weighted by Crippen LogP contribution is -2.38. The molecule has 0 aliphatic heterocycles. The summed E-state index contributed by atoms with van der Waals surface area (Å²) in [5, 5.41) is 0. The highest BCUT2D eigenvalue weighted by atomic mass is 35.5. The Morgan fingerprint density at radius 1 is 1.21 bits per heavy atom. The van der Waals surface area contributed by atoms with Crippen LogP contribution in [0.15, 0.2) is 24.3 Å². The fraction of sp³-hybridized carbons (Fsp3) is 0.533. The second kappa shape index (κ2) is 7.51. The van der Waals surface area contributed by atoms with Crippen LogP contribution in [0, 0.1) is 0 Å². The quantitative estimate of drug-likeness (QED) is 0.926. The van der Waals surface area contributed by atoms with E-state index in [1.807, 2.05) is 36.2 Å². The lowest BCUT2D eigenvalue weighted by atomic mass is 9.94. The molecule has 3 nitrogen and oxygen atoms in total. The van der Waals surface area contributed by atoms with Crippen molar-refractivity contribution in [3.05, 3.63) is 35.4 Å². The van der Waals surface area contributed by atoms with E-state index in [-0.39, 0.29) is 18.3 Å². The van der Waals surface area contributed by atoms with Gasteiger partial charge in [0.25, 0.3) is 5.91 Å². The Hall–Kier alpha value is -1.06. The topological polar surface area (TPSA) is 46.3 Å². The van der Waals surface area contributed by atoms with Gasteiger partial charge in [-0.1, -0.05) is 31.4 Å². The number of benzene rings is 1. The van der Waals surface area contributed by atoms with Crippen molar-refractivity contribution >= 4 is 18.3 Å². The minimum Gasteiger partial charge on any atom is -0.339 e. The Labute approximate surface area is 121 Å². The summed E-state index contributed by atoms with van der Waals surface area (Å²) in [4.78, 5) is 14.3. The molecule has 4 heteroatoms. The smallest absolute Gasteiger partial charge is 0.253 e. The van der Waals surface area contributed by atoms with Gasteiger partial charge in [-0.2, -0.15) is 0 Å². The zero-order valence-corrected chi connectivity index (χ0v) is 12.3. The molecule has 1 saturated carbocycles. The maximum atomic E-state index is 12.3. The average Bonchev–Trinajstić information content (AvgIpc) is 2.47. The fourth-order valence-corrected chi connectivity index (χ4v) is 2.62. The van der Waals surface area contributed by atoms with Gasteiger partial charge in [0.1, 0.15) is 0 Å². The highest BCUT2D eigenvalue weighted by molar-refractivity contribution is 5.94. The first-order valence-electron chi connectivity index (χ1n) is 6.78. The Morgan fingerprint density at radius 2 is 1.79 bits per heavy atom. The van der Waals surface area contributed by atoms with Crippen LogP contribution in [-0.4, -0.2) is 23.9 Å². The van der Waals surface area contributed by atoms with E-state index in [0.717, 1.165) is 24.0 Å². The summed E-state index contributed by atoms with van der Waals surface area (Å²) in [7, 11) is 1.93. The summed E-state index contributed by atoms with van der Waals surface area (Å²) in [5.41, 5.74) is 7.38. The second-order valence-electron chi connectivity index (χ2n) is 5.11. The third-order valence-corrected chi connectivity index (χ3v) is 3.88. The lowest BCUT2D eigenvalue weighted by Gasteiger charge is -2.31.